The fourth-order valence-corrected chi connectivity index (χ4v) is 8.29. The Bertz CT molecular complexity index is 1290. The van der Waals surface area contributed by atoms with Crippen LogP contribution >= 0.6 is 0 Å². The van der Waals surface area contributed by atoms with Crippen LogP contribution in [0.2, 0.25) is 0 Å². The van der Waals surface area contributed by atoms with Crippen LogP contribution in [0.5, 0.6) is 0 Å². The lowest BCUT2D eigenvalue weighted by molar-refractivity contribution is -0.167. The average Bonchev–Trinajstić information content (AvgIpc) is 3.35. The highest BCUT2D eigenvalue weighted by Crippen LogP contribution is 2.15. The third kappa shape index (κ3) is 55.6. The van der Waals surface area contributed by atoms with Crippen molar-refractivity contribution in [3.05, 3.63) is 72.9 Å². The number of rotatable bonds is 53. The summed E-state index contributed by atoms with van der Waals surface area (Å²) in [5, 5.41) is 0. The minimum Gasteiger partial charge on any atom is -0.462 e. The number of allylic oxidation sites excluding steroid dienone is 12. The zero-order valence-corrected chi connectivity index (χ0v) is 45.6. The number of ether oxygens (including phenoxy) is 3. The monoisotopic (exact) mass is 963 g/mol. The first-order valence-electron chi connectivity index (χ1n) is 29.4. The van der Waals surface area contributed by atoms with E-state index < -0.39 is 6.10 Å². The summed E-state index contributed by atoms with van der Waals surface area (Å²) in [7, 11) is 0. The number of hydrogen-bond acceptors (Lipinski definition) is 6. The average molecular weight is 964 g/mol. The first-order valence-corrected chi connectivity index (χ1v) is 29.4. The van der Waals surface area contributed by atoms with Crippen molar-refractivity contribution in [2.45, 2.75) is 297 Å². The Balaban J connectivity index is 4.22. The Morgan fingerprint density at radius 1 is 0.304 bits per heavy atom. The highest BCUT2D eigenvalue weighted by molar-refractivity contribution is 5.71. The van der Waals surface area contributed by atoms with Gasteiger partial charge < -0.3 is 14.2 Å². The van der Waals surface area contributed by atoms with Crippen molar-refractivity contribution in [2.75, 3.05) is 13.2 Å². The smallest absolute Gasteiger partial charge is 0.306 e. The lowest BCUT2D eigenvalue weighted by atomic mass is 10.1. The molecule has 1 atom stereocenters. The molecule has 6 nitrogen and oxygen atoms in total. The van der Waals surface area contributed by atoms with Gasteiger partial charge in [-0.05, 0) is 89.9 Å². The van der Waals surface area contributed by atoms with Gasteiger partial charge >= 0.3 is 17.9 Å². The molecular formula is C63H110O6. The van der Waals surface area contributed by atoms with E-state index >= 15 is 0 Å². The molecule has 0 spiro atoms. The summed E-state index contributed by atoms with van der Waals surface area (Å²) in [5.74, 6) is -0.883. The second-order valence-electron chi connectivity index (χ2n) is 19.5. The molecule has 0 fully saturated rings. The number of carbonyl (C=O) groups excluding carboxylic acids is 3. The molecule has 0 heterocycles. The van der Waals surface area contributed by atoms with Gasteiger partial charge in [-0.15, -0.1) is 0 Å². The van der Waals surface area contributed by atoms with Crippen LogP contribution in [0.1, 0.15) is 290 Å². The molecule has 0 N–H and O–H groups in total. The normalized spacial score (nSPS) is 12.6. The van der Waals surface area contributed by atoms with Gasteiger partial charge in [0.1, 0.15) is 13.2 Å². The van der Waals surface area contributed by atoms with Crippen LogP contribution in [-0.4, -0.2) is 37.2 Å². The predicted molar refractivity (Wildman–Crippen MR) is 298 cm³/mol. The Kier molecular flexibility index (Phi) is 54.8. The summed E-state index contributed by atoms with van der Waals surface area (Å²) < 4.78 is 16.8. The molecule has 398 valence electrons. The van der Waals surface area contributed by atoms with Crippen LogP contribution in [0.25, 0.3) is 0 Å². The number of carbonyl (C=O) groups is 3. The molecule has 0 radical (unpaired) electrons. The van der Waals surface area contributed by atoms with Crippen LogP contribution < -0.4 is 0 Å². The summed E-state index contributed by atoms with van der Waals surface area (Å²) in [6.45, 7) is 6.51. The van der Waals surface area contributed by atoms with Gasteiger partial charge in [0.15, 0.2) is 6.10 Å². The lowest BCUT2D eigenvalue weighted by Crippen LogP contribution is -2.30. The van der Waals surface area contributed by atoms with Crippen molar-refractivity contribution >= 4 is 17.9 Å². The molecule has 0 aromatic heterocycles. The van der Waals surface area contributed by atoms with Crippen LogP contribution in [0.15, 0.2) is 72.9 Å². The molecule has 0 saturated carbocycles. The molecule has 0 rings (SSSR count). The molecule has 0 aromatic rings. The summed E-state index contributed by atoms with van der Waals surface area (Å²) in [5.41, 5.74) is 0. The van der Waals surface area contributed by atoms with E-state index in [9.17, 15) is 14.4 Å². The van der Waals surface area contributed by atoms with E-state index in [0.717, 1.165) is 96.3 Å². The molecule has 0 saturated heterocycles. The Morgan fingerprint density at radius 3 is 0.899 bits per heavy atom. The standard InChI is InChI=1S/C63H110O6/c1-4-7-10-13-16-19-21-23-25-27-29-30-31-32-33-34-35-37-38-40-42-44-47-50-53-56-62(65)68-59-60(58-67-61(64)55-52-49-46-18-15-12-9-6-3)69-63(66)57-54-51-48-45-43-41-39-36-28-26-24-22-20-17-14-11-8-5-2/h7,10,16,19,23,25-26,28-30,32-33,60H,4-6,8-9,11-15,17-18,20-22,24,27,31,34-59H2,1-3H3/b10-7-,19-16-,25-23-,28-26-,30-29-,33-32-. The maximum Gasteiger partial charge on any atom is 0.306 e. The van der Waals surface area contributed by atoms with Gasteiger partial charge in [-0.3, -0.25) is 14.4 Å². The number of esters is 3. The fraction of sp³-hybridized carbons (Fsp3) is 0.762. The highest BCUT2D eigenvalue weighted by Gasteiger charge is 2.19. The van der Waals surface area contributed by atoms with Gasteiger partial charge in [-0.2, -0.15) is 0 Å². The van der Waals surface area contributed by atoms with Crippen LogP contribution in [0.4, 0.5) is 0 Å². The molecule has 0 amide bonds. The van der Waals surface area contributed by atoms with Crippen molar-refractivity contribution in [1.82, 2.24) is 0 Å². The van der Waals surface area contributed by atoms with E-state index in [1.165, 1.54) is 154 Å². The third-order valence-corrected chi connectivity index (χ3v) is 12.7. The second-order valence-corrected chi connectivity index (χ2v) is 19.5. The van der Waals surface area contributed by atoms with E-state index in [4.69, 9.17) is 14.2 Å². The summed E-state index contributed by atoms with van der Waals surface area (Å²) in [6.07, 6.45) is 73.4. The van der Waals surface area contributed by atoms with Crippen molar-refractivity contribution in [1.29, 1.82) is 0 Å². The van der Waals surface area contributed by atoms with Gasteiger partial charge in [-0.25, -0.2) is 0 Å². The summed E-state index contributed by atoms with van der Waals surface area (Å²) in [4.78, 5) is 38.0. The quantitative estimate of drug-likeness (QED) is 0.0262. The zero-order valence-electron chi connectivity index (χ0n) is 45.6. The minimum absolute atomic E-state index is 0.0768. The third-order valence-electron chi connectivity index (χ3n) is 12.7. The molecule has 0 aliphatic rings. The Hall–Kier alpha value is -3.15. The van der Waals surface area contributed by atoms with Crippen molar-refractivity contribution < 1.29 is 28.6 Å². The topological polar surface area (TPSA) is 78.9 Å². The van der Waals surface area contributed by atoms with Gasteiger partial charge in [0.25, 0.3) is 0 Å². The Labute approximate surface area is 427 Å². The minimum atomic E-state index is -0.777. The highest BCUT2D eigenvalue weighted by atomic mass is 16.6. The molecule has 0 bridgehead atoms. The zero-order chi connectivity index (χ0) is 50.0. The van der Waals surface area contributed by atoms with E-state index in [0.29, 0.717) is 19.3 Å². The summed E-state index contributed by atoms with van der Waals surface area (Å²) in [6, 6.07) is 0. The second kappa shape index (κ2) is 57.4. The number of unbranched alkanes of at least 4 members (excludes halogenated alkanes) is 30. The SMILES string of the molecule is CC/C=C\C/C=C\C/C=C\C/C=C\C/C=C\CCCCCCCCCCCC(=O)OCC(COC(=O)CCCCCCCCCC)OC(=O)CCCCCCCCC/C=C\CCCCCCCCC. The molecule has 0 aliphatic carbocycles. The van der Waals surface area contributed by atoms with Crippen LogP contribution in [0, 0.1) is 0 Å². The van der Waals surface area contributed by atoms with Gasteiger partial charge in [0.2, 0.25) is 0 Å². The van der Waals surface area contributed by atoms with E-state index in [1.54, 1.807) is 0 Å². The molecular weight excluding hydrogens is 853 g/mol. The molecule has 69 heavy (non-hydrogen) atoms. The Morgan fingerprint density at radius 2 is 0.565 bits per heavy atom. The molecule has 0 aliphatic heterocycles. The molecule has 1 unspecified atom stereocenters. The van der Waals surface area contributed by atoms with E-state index in [-0.39, 0.29) is 31.1 Å². The van der Waals surface area contributed by atoms with Crippen molar-refractivity contribution in [2.24, 2.45) is 0 Å². The maximum atomic E-state index is 12.8. The predicted octanol–water partition coefficient (Wildman–Crippen LogP) is 19.8. The van der Waals surface area contributed by atoms with Gasteiger partial charge in [0.05, 0.1) is 0 Å². The molecule has 6 heteroatoms. The summed E-state index contributed by atoms with van der Waals surface area (Å²) >= 11 is 0. The first-order chi connectivity index (χ1) is 34.0. The van der Waals surface area contributed by atoms with Gasteiger partial charge in [-0.1, -0.05) is 254 Å². The fourth-order valence-electron chi connectivity index (χ4n) is 8.29. The van der Waals surface area contributed by atoms with Crippen LogP contribution in [-0.2, 0) is 28.6 Å². The lowest BCUT2D eigenvalue weighted by Gasteiger charge is -2.18. The van der Waals surface area contributed by atoms with Crippen molar-refractivity contribution in [3.63, 3.8) is 0 Å². The van der Waals surface area contributed by atoms with Crippen LogP contribution in [0.3, 0.4) is 0 Å². The first kappa shape index (κ1) is 65.8. The largest absolute Gasteiger partial charge is 0.462 e. The van der Waals surface area contributed by atoms with E-state index in [1.807, 2.05) is 0 Å². The number of hydrogen-bond donors (Lipinski definition) is 0. The maximum absolute atomic E-state index is 12.8. The van der Waals surface area contributed by atoms with Gasteiger partial charge in [0, 0.05) is 19.3 Å². The van der Waals surface area contributed by atoms with E-state index in [2.05, 4.69) is 93.7 Å². The van der Waals surface area contributed by atoms with Crippen molar-refractivity contribution in [3.8, 4) is 0 Å². The molecule has 0 aromatic carbocycles.